The lowest BCUT2D eigenvalue weighted by atomic mass is 9.98. The number of rotatable bonds is 7. The number of anilines is 1. The van der Waals surface area contributed by atoms with Crippen molar-refractivity contribution in [3.8, 4) is 0 Å². The van der Waals surface area contributed by atoms with Crippen LogP contribution in [0.3, 0.4) is 0 Å². The minimum Gasteiger partial charge on any atom is -0.345 e. The average Bonchev–Trinajstić information content (AvgIpc) is 2.79. The Kier molecular flexibility index (Phi) is 7.65. The van der Waals surface area contributed by atoms with E-state index < -0.39 is 16.1 Å². The standard InChI is InChI=1S/C23H30N4O4S/c1-17(18-10-5-4-6-11-18)24-23(29)20-13-7-8-14-21(20)25-22(28)19-12-9-15-27(16-19)32(30,31)26(2)3/h4-8,10-11,13-14,17,19H,9,12,15-16H2,1-3H3,(H,24,29)(H,25,28)/t17-,19-/m1/s1. The van der Waals surface area contributed by atoms with Gasteiger partial charge in [-0.3, -0.25) is 9.59 Å². The first-order valence-electron chi connectivity index (χ1n) is 10.6. The molecule has 32 heavy (non-hydrogen) atoms. The first-order valence-corrected chi connectivity index (χ1v) is 12.0. The molecular formula is C23H30N4O4S. The Hall–Kier alpha value is -2.75. The molecule has 0 bridgehead atoms. The molecule has 0 saturated carbocycles. The van der Waals surface area contributed by atoms with Crippen LogP contribution >= 0.6 is 0 Å². The molecule has 2 amide bonds. The van der Waals surface area contributed by atoms with Crippen LogP contribution in [0.4, 0.5) is 5.69 Å². The third kappa shape index (κ3) is 5.53. The maximum absolute atomic E-state index is 13.0. The maximum atomic E-state index is 13.0. The summed E-state index contributed by atoms with van der Waals surface area (Å²) in [6.45, 7) is 2.41. The summed E-state index contributed by atoms with van der Waals surface area (Å²) in [4.78, 5) is 25.9. The minimum atomic E-state index is -3.58. The monoisotopic (exact) mass is 458 g/mol. The number of hydrogen-bond acceptors (Lipinski definition) is 4. The lowest BCUT2D eigenvalue weighted by Crippen LogP contribution is -2.47. The van der Waals surface area contributed by atoms with Crippen molar-refractivity contribution in [2.45, 2.75) is 25.8 Å². The predicted octanol–water partition coefficient (Wildman–Crippen LogP) is 2.63. The fourth-order valence-electron chi connectivity index (χ4n) is 3.72. The molecule has 172 valence electrons. The molecular weight excluding hydrogens is 428 g/mol. The zero-order chi connectivity index (χ0) is 23.3. The van der Waals surface area contributed by atoms with E-state index in [0.29, 0.717) is 30.6 Å². The number of amides is 2. The van der Waals surface area contributed by atoms with Crippen LogP contribution in [0, 0.1) is 5.92 Å². The van der Waals surface area contributed by atoms with Gasteiger partial charge in [-0.15, -0.1) is 0 Å². The Bertz CT molecular complexity index is 1060. The summed E-state index contributed by atoms with van der Waals surface area (Å²) in [5, 5.41) is 5.80. The zero-order valence-electron chi connectivity index (χ0n) is 18.6. The molecule has 0 aliphatic carbocycles. The van der Waals surface area contributed by atoms with Crippen LogP contribution < -0.4 is 10.6 Å². The normalized spacial score (nSPS) is 18.2. The van der Waals surface area contributed by atoms with Crippen molar-refractivity contribution in [1.29, 1.82) is 0 Å². The first-order chi connectivity index (χ1) is 15.2. The van der Waals surface area contributed by atoms with Crippen molar-refractivity contribution in [2.75, 3.05) is 32.5 Å². The van der Waals surface area contributed by atoms with E-state index in [2.05, 4.69) is 10.6 Å². The highest BCUT2D eigenvalue weighted by atomic mass is 32.2. The van der Waals surface area contributed by atoms with Crippen LogP contribution in [-0.4, -0.2) is 56.0 Å². The van der Waals surface area contributed by atoms with Crippen molar-refractivity contribution >= 4 is 27.7 Å². The number of nitrogens with zero attached hydrogens (tertiary/aromatic N) is 2. The van der Waals surface area contributed by atoms with Gasteiger partial charge in [-0.25, -0.2) is 0 Å². The third-order valence-electron chi connectivity index (χ3n) is 5.62. The van der Waals surface area contributed by atoms with Crippen molar-refractivity contribution < 1.29 is 18.0 Å². The van der Waals surface area contributed by atoms with Crippen LogP contribution in [0.25, 0.3) is 0 Å². The Morgan fingerprint density at radius 3 is 2.41 bits per heavy atom. The summed E-state index contributed by atoms with van der Waals surface area (Å²) in [6.07, 6.45) is 1.19. The van der Waals surface area contributed by atoms with Crippen LogP contribution in [-0.2, 0) is 15.0 Å². The quantitative estimate of drug-likeness (QED) is 0.666. The molecule has 3 rings (SSSR count). The van der Waals surface area contributed by atoms with Gasteiger partial charge in [0.1, 0.15) is 0 Å². The van der Waals surface area contributed by atoms with Gasteiger partial charge in [0.2, 0.25) is 5.91 Å². The van der Waals surface area contributed by atoms with E-state index in [1.165, 1.54) is 18.4 Å². The Balaban J connectivity index is 1.70. The van der Waals surface area contributed by atoms with Gasteiger partial charge in [-0.1, -0.05) is 42.5 Å². The molecule has 8 nitrogen and oxygen atoms in total. The number of carbonyl (C=O) groups excluding carboxylic acids is 2. The van der Waals surface area contributed by atoms with Crippen molar-refractivity contribution in [1.82, 2.24) is 13.9 Å². The number of hydrogen-bond donors (Lipinski definition) is 2. The fraction of sp³-hybridized carbons (Fsp3) is 0.391. The zero-order valence-corrected chi connectivity index (χ0v) is 19.4. The largest absolute Gasteiger partial charge is 0.345 e. The van der Waals surface area contributed by atoms with Crippen LogP contribution in [0.1, 0.15) is 41.7 Å². The van der Waals surface area contributed by atoms with Gasteiger partial charge in [0.25, 0.3) is 16.1 Å². The minimum absolute atomic E-state index is 0.117. The molecule has 1 aliphatic rings. The molecule has 9 heteroatoms. The highest BCUT2D eigenvalue weighted by molar-refractivity contribution is 7.86. The van der Waals surface area contributed by atoms with E-state index in [0.717, 1.165) is 9.87 Å². The molecule has 1 saturated heterocycles. The van der Waals surface area contributed by atoms with E-state index in [1.807, 2.05) is 37.3 Å². The molecule has 2 atom stereocenters. The molecule has 0 spiro atoms. The van der Waals surface area contributed by atoms with Gasteiger partial charge in [-0.2, -0.15) is 17.0 Å². The second-order valence-electron chi connectivity index (χ2n) is 8.13. The number of para-hydroxylation sites is 1. The average molecular weight is 459 g/mol. The van der Waals surface area contributed by atoms with Crippen LogP contribution in [0.2, 0.25) is 0 Å². The summed E-state index contributed by atoms with van der Waals surface area (Å²) < 4.78 is 27.4. The van der Waals surface area contributed by atoms with Crippen molar-refractivity contribution in [2.24, 2.45) is 5.92 Å². The van der Waals surface area contributed by atoms with E-state index >= 15 is 0 Å². The number of nitrogens with one attached hydrogen (secondary N) is 2. The van der Waals surface area contributed by atoms with E-state index in [1.54, 1.807) is 24.3 Å². The fourth-order valence-corrected chi connectivity index (χ4v) is 4.91. The molecule has 2 aromatic rings. The Labute approximate surface area is 189 Å². The van der Waals surface area contributed by atoms with Gasteiger partial charge >= 0.3 is 0 Å². The van der Waals surface area contributed by atoms with Crippen molar-refractivity contribution in [3.05, 3.63) is 65.7 Å². The van der Waals surface area contributed by atoms with Crippen molar-refractivity contribution in [3.63, 3.8) is 0 Å². The molecule has 2 N–H and O–H groups in total. The molecule has 0 aromatic heterocycles. The molecule has 1 aliphatic heterocycles. The lowest BCUT2D eigenvalue weighted by molar-refractivity contribution is -0.120. The van der Waals surface area contributed by atoms with Crippen LogP contribution in [0.5, 0.6) is 0 Å². The molecule has 2 aromatic carbocycles. The molecule has 0 unspecified atom stereocenters. The molecule has 1 heterocycles. The topological polar surface area (TPSA) is 98.8 Å². The predicted molar refractivity (Wildman–Crippen MR) is 124 cm³/mol. The van der Waals surface area contributed by atoms with E-state index in [4.69, 9.17) is 0 Å². The van der Waals surface area contributed by atoms with E-state index in [-0.39, 0.29) is 24.4 Å². The van der Waals surface area contributed by atoms with Crippen LogP contribution in [0.15, 0.2) is 54.6 Å². The summed E-state index contributed by atoms with van der Waals surface area (Å²) in [5.41, 5.74) is 1.74. The van der Waals surface area contributed by atoms with Gasteiger partial charge in [0.15, 0.2) is 0 Å². The highest BCUT2D eigenvalue weighted by Crippen LogP contribution is 2.23. The lowest BCUT2D eigenvalue weighted by Gasteiger charge is -2.32. The second-order valence-corrected chi connectivity index (χ2v) is 10.3. The smallest absolute Gasteiger partial charge is 0.281 e. The molecule has 0 radical (unpaired) electrons. The van der Waals surface area contributed by atoms with Gasteiger partial charge in [0.05, 0.1) is 23.2 Å². The maximum Gasteiger partial charge on any atom is 0.281 e. The molecule has 1 fully saturated rings. The van der Waals surface area contributed by atoms with Gasteiger partial charge < -0.3 is 10.6 Å². The van der Waals surface area contributed by atoms with Gasteiger partial charge in [-0.05, 0) is 37.5 Å². The summed E-state index contributed by atoms with van der Waals surface area (Å²) >= 11 is 0. The summed E-state index contributed by atoms with van der Waals surface area (Å²) in [5.74, 6) is -1.07. The number of carbonyl (C=O) groups is 2. The summed E-state index contributed by atoms with van der Waals surface area (Å²) in [7, 11) is -0.625. The Morgan fingerprint density at radius 2 is 1.72 bits per heavy atom. The number of benzene rings is 2. The summed E-state index contributed by atoms with van der Waals surface area (Å²) in [6, 6.07) is 16.2. The Morgan fingerprint density at radius 1 is 1.06 bits per heavy atom. The SMILES string of the molecule is C[C@@H](NC(=O)c1ccccc1NC(=O)[C@@H]1CCCN(S(=O)(=O)N(C)C)C1)c1ccccc1. The van der Waals surface area contributed by atoms with E-state index in [9.17, 15) is 18.0 Å². The third-order valence-corrected chi connectivity index (χ3v) is 7.53. The second kappa shape index (κ2) is 10.2. The number of piperidine rings is 1. The first kappa shape index (κ1) is 23.9. The highest BCUT2D eigenvalue weighted by Gasteiger charge is 2.33. The van der Waals surface area contributed by atoms with Gasteiger partial charge in [0, 0.05) is 27.2 Å².